The van der Waals surface area contributed by atoms with Crippen molar-refractivity contribution in [2.45, 2.75) is 13.3 Å². The molecule has 0 bridgehead atoms. The molecule has 0 unspecified atom stereocenters. The molecule has 0 aliphatic heterocycles. The largest absolute Gasteiger partial charge is 0.340 e. The van der Waals surface area contributed by atoms with E-state index in [-0.39, 0.29) is 5.91 Å². The molecule has 2 aromatic carbocycles. The third kappa shape index (κ3) is 4.30. The van der Waals surface area contributed by atoms with Gasteiger partial charge in [0, 0.05) is 42.4 Å². The van der Waals surface area contributed by atoms with Crippen molar-refractivity contribution in [2.75, 3.05) is 17.3 Å². The first-order chi connectivity index (χ1) is 16.6. The lowest BCUT2D eigenvalue weighted by atomic mass is 10.1. The molecule has 34 heavy (non-hydrogen) atoms. The Labute approximate surface area is 197 Å². The molecule has 1 N–H and O–H groups in total. The average Bonchev–Trinajstić information content (AvgIpc) is 3.33. The van der Waals surface area contributed by atoms with Crippen molar-refractivity contribution in [3.8, 4) is 11.8 Å². The summed E-state index contributed by atoms with van der Waals surface area (Å²) in [6.45, 7) is 1.64. The highest BCUT2D eigenvalue weighted by atomic mass is 16.2. The van der Waals surface area contributed by atoms with Crippen LogP contribution in [0.5, 0.6) is 0 Å². The summed E-state index contributed by atoms with van der Waals surface area (Å²) in [4.78, 5) is 26.8. The Hall–Kier alpha value is -4.70. The Morgan fingerprint density at radius 1 is 1.00 bits per heavy atom. The van der Waals surface area contributed by atoms with Gasteiger partial charge in [0.1, 0.15) is 17.8 Å². The van der Waals surface area contributed by atoms with Crippen LogP contribution in [0.2, 0.25) is 0 Å². The minimum absolute atomic E-state index is 0.268. The number of rotatable bonds is 5. The van der Waals surface area contributed by atoms with Crippen molar-refractivity contribution in [2.24, 2.45) is 0 Å². The number of amides is 1. The van der Waals surface area contributed by atoms with E-state index in [0.29, 0.717) is 5.82 Å². The van der Waals surface area contributed by atoms with Crippen LogP contribution in [0.3, 0.4) is 0 Å². The van der Waals surface area contributed by atoms with Gasteiger partial charge < -0.3 is 14.6 Å². The van der Waals surface area contributed by atoms with Gasteiger partial charge in [0.2, 0.25) is 0 Å². The van der Waals surface area contributed by atoms with Crippen LogP contribution < -0.4 is 10.2 Å². The molecule has 0 saturated carbocycles. The van der Waals surface area contributed by atoms with Gasteiger partial charge in [-0.2, -0.15) is 0 Å². The minimum atomic E-state index is -0.268. The van der Waals surface area contributed by atoms with Crippen molar-refractivity contribution < 1.29 is 4.79 Å². The number of carbonyl (C=O) groups is 1. The molecule has 0 spiro atoms. The van der Waals surface area contributed by atoms with Crippen LogP contribution in [0.1, 0.15) is 18.1 Å². The number of anilines is 3. The molecule has 3 heterocycles. The van der Waals surface area contributed by atoms with Crippen molar-refractivity contribution in [1.29, 1.82) is 0 Å². The monoisotopic (exact) mass is 446 g/mol. The maximum absolute atomic E-state index is 12.2. The fourth-order valence-corrected chi connectivity index (χ4v) is 3.80. The van der Waals surface area contributed by atoms with Crippen LogP contribution in [0.25, 0.3) is 16.6 Å². The summed E-state index contributed by atoms with van der Waals surface area (Å²) in [6.07, 6.45) is 8.12. The predicted molar refractivity (Wildman–Crippen MR) is 134 cm³/mol. The standard InChI is InChI=1S/C27H22N6O/c1-3-4-26(34)32(2)22-9-10-24-23(17-22)27(30-18-29-24)31-21-7-5-19(6-8-21)15-20-11-13-33-14-12-28-25(33)16-20/h5-14,16-18H,15H2,1-2H3,(H,29,30,31). The van der Waals surface area contributed by atoms with Crippen LogP contribution in [-0.4, -0.2) is 32.3 Å². The van der Waals surface area contributed by atoms with E-state index < -0.39 is 0 Å². The maximum Gasteiger partial charge on any atom is 0.302 e. The maximum atomic E-state index is 12.2. The molecule has 3 aromatic heterocycles. The van der Waals surface area contributed by atoms with E-state index in [1.54, 1.807) is 20.2 Å². The van der Waals surface area contributed by atoms with Gasteiger partial charge in [-0.05, 0) is 72.9 Å². The summed E-state index contributed by atoms with van der Waals surface area (Å²) in [6, 6.07) is 18.1. The van der Waals surface area contributed by atoms with Gasteiger partial charge >= 0.3 is 5.91 Å². The third-order valence-corrected chi connectivity index (χ3v) is 5.63. The Kier molecular flexibility index (Phi) is 5.63. The number of nitrogens with zero attached hydrogens (tertiary/aromatic N) is 5. The number of benzene rings is 2. The number of nitrogens with one attached hydrogen (secondary N) is 1. The molecule has 0 fully saturated rings. The minimum Gasteiger partial charge on any atom is -0.340 e. The number of imidazole rings is 1. The van der Waals surface area contributed by atoms with Gasteiger partial charge in [-0.1, -0.05) is 18.1 Å². The van der Waals surface area contributed by atoms with Crippen LogP contribution >= 0.6 is 0 Å². The number of hydrogen-bond donors (Lipinski definition) is 1. The Morgan fingerprint density at radius 2 is 1.85 bits per heavy atom. The van der Waals surface area contributed by atoms with Gasteiger partial charge in [0.05, 0.1) is 5.52 Å². The number of aromatic nitrogens is 4. The zero-order chi connectivity index (χ0) is 23.5. The highest BCUT2D eigenvalue weighted by molar-refractivity contribution is 6.06. The highest BCUT2D eigenvalue weighted by Crippen LogP contribution is 2.27. The molecule has 7 nitrogen and oxygen atoms in total. The lowest BCUT2D eigenvalue weighted by Gasteiger charge is -2.16. The second-order valence-electron chi connectivity index (χ2n) is 7.89. The molecule has 1 amide bonds. The van der Waals surface area contributed by atoms with Gasteiger partial charge in [0.25, 0.3) is 0 Å². The summed E-state index contributed by atoms with van der Waals surface area (Å²) < 4.78 is 2.00. The fraction of sp³-hybridized carbons (Fsp3) is 0.111. The third-order valence-electron chi connectivity index (χ3n) is 5.63. The van der Waals surface area contributed by atoms with Crippen LogP contribution in [0, 0.1) is 11.8 Å². The molecule has 7 heteroatoms. The molecule has 5 rings (SSSR count). The quantitative estimate of drug-likeness (QED) is 0.400. The van der Waals surface area contributed by atoms with Crippen molar-refractivity contribution >= 4 is 39.6 Å². The zero-order valence-corrected chi connectivity index (χ0v) is 18.9. The molecular formula is C27H22N6O. The second kappa shape index (κ2) is 9.04. The molecule has 166 valence electrons. The van der Waals surface area contributed by atoms with E-state index in [0.717, 1.165) is 34.3 Å². The zero-order valence-electron chi connectivity index (χ0n) is 18.9. The number of carbonyl (C=O) groups excluding carboxylic acids is 1. The summed E-state index contributed by atoms with van der Waals surface area (Å²) in [7, 11) is 1.70. The predicted octanol–water partition coefficient (Wildman–Crippen LogP) is 4.60. The fourth-order valence-electron chi connectivity index (χ4n) is 3.80. The molecular weight excluding hydrogens is 424 g/mol. The Balaban J connectivity index is 1.37. The first-order valence-corrected chi connectivity index (χ1v) is 10.8. The van der Waals surface area contributed by atoms with E-state index in [9.17, 15) is 4.79 Å². The van der Waals surface area contributed by atoms with Crippen molar-refractivity contribution in [1.82, 2.24) is 19.4 Å². The van der Waals surface area contributed by atoms with Crippen LogP contribution in [0.4, 0.5) is 17.2 Å². The summed E-state index contributed by atoms with van der Waals surface area (Å²) >= 11 is 0. The number of hydrogen-bond acceptors (Lipinski definition) is 5. The van der Waals surface area contributed by atoms with Gasteiger partial charge in [-0.3, -0.25) is 4.79 Å². The van der Waals surface area contributed by atoms with E-state index >= 15 is 0 Å². The molecule has 0 atom stereocenters. The van der Waals surface area contributed by atoms with Crippen LogP contribution in [0.15, 0.2) is 79.5 Å². The normalized spacial score (nSPS) is 10.6. The van der Waals surface area contributed by atoms with Crippen molar-refractivity contribution in [3.05, 3.63) is 90.6 Å². The van der Waals surface area contributed by atoms with Crippen LogP contribution in [-0.2, 0) is 11.2 Å². The van der Waals surface area contributed by atoms with Gasteiger partial charge in [-0.25, -0.2) is 15.0 Å². The lowest BCUT2D eigenvalue weighted by Crippen LogP contribution is -2.24. The number of pyridine rings is 1. The summed E-state index contributed by atoms with van der Waals surface area (Å²) in [5.41, 5.74) is 5.78. The summed E-state index contributed by atoms with van der Waals surface area (Å²) in [5, 5.41) is 4.20. The van der Waals surface area contributed by atoms with E-state index in [1.807, 2.05) is 47.1 Å². The van der Waals surface area contributed by atoms with Gasteiger partial charge in [0.15, 0.2) is 0 Å². The molecule has 0 radical (unpaired) electrons. The Morgan fingerprint density at radius 3 is 2.68 bits per heavy atom. The first kappa shape index (κ1) is 21.2. The molecule has 0 aliphatic carbocycles. The van der Waals surface area contributed by atoms with E-state index in [4.69, 9.17) is 0 Å². The van der Waals surface area contributed by atoms with Gasteiger partial charge in [-0.15, -0.1) is 0 Å². The molecule has 0 aliphatic rings. The van der Waals surface area contributed by atoms with E-state index in [1.165, 1.54) is 22.4 Å². The SMILES string of the molecule is CC#CC(=O)N(C)c1ccc2ncnc(Nc3ccc(Cc4ccn5ccnc5c4)cc3)c2c1. The smallest absolute Gasteiger partial charge is 0.302 e. The second-order valence-corrected chi connectivity index (χ2v) is 7.89. The highest BCUT2D eigenvalue weighted by Gasteiger charge is 2.11. The summed E-state index contributed by atoms with van der Waals surface area (Å²) in [5.74, 6) is 5.61. The molecule has 0 saturated heterocycles. The first-order valence-electron chi connectivity index (χ1n) is 10.8. The topological polar surface area (TPSA) is 75.4 Å². The van der Waals surface area contributed by atoms with E-state index in [2.05, 4.69) is 56.4 Å². The Bertz CT molecular complexity index is 1560. The number of fused-ring (bicyclic) bond motifs is 2. The van der Waals surface area contributed by atoms with Crippen molar-refractivity contribution in [3.63, 3.8) is 0 Å². The molecule has 5 aromatic rings. The average molecular weight is 447 g/mol. The lowest BCUT2D eigenvalue weighted by molar-refractivity contribution is -0.113.